The number of nitrogens with zero attached hydrogens (tertiary/aromatic N) is 1. The number of aryl methyl sites for hydroxylation is 1. The third kappa shape index (κ3) is 3.14. The SMILES string of the molecule is CNC(c1cncc(OC)c1)c1cc(Br)ccc1C. The van der Waals surface area contributed by atoms with Crippen molar-refractivity contribution < 1.29 is 4.74 Å². The Hall–Kier alpha value is -1.39. The van der Waals surface area contributed by atoms with E-state index in [-0.39, 0.29) is 6.04 Å². The van der Waals surface area contributed by atoms with Gasteiger partial charge in [0.1, 0.15) is 5.75 Å². The molecule has 1 heterocycles. The topological polar surface area (TPSA) is 34.2 Å². The summed E-state index contributed by atoms with van der Waals surface area (Å²) in [6.07, 6.45) is 3.58. The first-order valence-electron chi connectivity index (χ1n) is 6.08. The summed E-state index contributed by atoms with van der Waals surface area (Å²) in [5.41, 5.74) is 3.56. The quantitative estimate of drug-likeness (QED) is 0.936. The van der Waals surface area contributed by atoms with Gasteiger partial charge in [-0.2, -0.15) is 0 Å². The lowest BCUT2D eigenvalue weighted by molar-refractivity contribution is 0.411. The molecule has 1 unspecified atom stereocenters. The highest BCUT2D eigenvalue weighted by Gasteiger charge is 2.15. The highest BCUT2D eigenvalue weighted by atomic mass is 79.9. The summed E-state index contributed by atoms with van der Waals surface area (Å²) in [5.74, 6) is 0.769. The minimum absolute atomic E-state index is 0.0973. The molecule has 0 amide bonds. The lowest BCUT2D eigenvalue weighted by Gasteiger charge is -2.20. The lowest BCUT2D eigenvalue weighted by Crippen LogP contribution is -2.19. The zero-order chi connectivity index (χ0) is 13.8. The van der Waals surface area contributed by atoms with E-state index in [9.17, 15) is 0 Å². The highest BCUT2D eigenvalue weighted by Crippen LogP contribution is 2.28. The third-order valence-corrected chi connectivity index (χ3v) is 3.64. The number of rotatable bonds is 4. The second kappa shape index (κ2) is 6.17. The van der Waals surface area contributed by atoms with Crippen LogP contribution in [0.2, 0.25) is 0 Å². The van der Waals surface area contributed by atoms with Crippen LogP contribution < -0.4 is 10.1 Å². The van der Waals surface area contributed by atoms with Crippen LogP contribution in [0, 0.1) is 6.92 Å². The van der Waals surface area contributed by atoms with E-state index in [4.69, 9.17) is 4.74 Å². The number of hydrogen-bond donors (Lipinski definition) is 1. The third-order valence-electron chi connectivity index (χ3n) is 3.14. The number of hydrogen-bond acceptors (Lipinski definition) is 3. The van der Waals surface area contributed by atoms with Gasteiger partial charge in [-0.1, -0.05) is 22.0 Å². The molecule has 0 aliphatic carbocycles. The second-order valence-corrected chi connectivity index (χ2v) is 5.30. The molecule has 0 radical (unpaired) electrons. The van der Waals surface area contributed by atoms with Gasteiger partial charge >= 0.3 is 0 Å². The fourth-order valence-electron chi connectivity index (χ4n) is 2.13. The smallest absolute Gasteiger partial charge is 0.137 e. The molecule has 1 aromatic carbocycles. The van der Waals surface area contributed by atoms with E-state index in [1.165, 1.54) is 11.1 Å². The molecule has 0 spiro atoms. The van der Waals surface area contributed by atoms with Crippen LogP contribution in [0.5, 0.6) is 5.75 Å². The van der Waals surface area contributed by atoms with Gasteiger partial charge in [-0.25, -0.2) is 0 Å². The molecular formula is C15H17BrN2O. The van der Waals surface area contributed by atoms with E-state index in [2.05, 4.69) is 51.4 Å². The maximum atomic E-state index is 5.24. The Morgan fingerprint density at radius 3 is 2.74 bits per heavy atom. The zero-order valence-corrected chi connectivity index (χ0v) is 12.9. The molecule has 0 saturated heterocycles. The number of nitrogens with one attached hydrogen (secondary N) is 1. The predicted octanol–water partition coefficient (Wildman–Crippen LogP) is 3.47. The van der Waals surface area contributed by atoms with Crippen molar-refractivity contribution in [2.45, 2.75) is 13.0 Å². The van der Waals surface area contributed by atoms with Crippen LogP contribution in [0.25, 0.3) is 0 Å². The Bertz CT molecular complexity index is 572. The Labute approximate surface area is 122 Å². The van der Waals surface area contributed by atoms with E-state index in [1.807, 2.05) is 19.3 Å². The van der Waals surface area contributed by atoms with Gasteiger partial charge in [-0.15, -0.1) is 0 Å². The molecule has 0 aliphatic heterocycles. The summed E-state index contributed by atoms with van der Waals surface area (Å²) in [6.45, 7) is 2.11. The minimum atomic E-state index is 0.0973. The monoisotopic (exact) mass is 320 g/mol. The average molecular weight is 321 g/mol. The molecule has 1 N–H and O–H groups in total. The summed E-state index contributed by atoms with van der Waals surface area (Å²) in [7, 11) is 3.60. The van der Waals surface area contributed by atoms with Crippen molar-refractivity contribution in [2.24, 2.45) is 0 Å². The summed E-state index contributed by atoms with van der Waals surface area (Å²) >= 11 is 3.53. The molecule has 1 aromatic heterocycles. The zero-order valence-electron chi connectivity index (χ0n) is 11.3. The van der Waals surface area contributed by atoms with Crippen LogP contribution in [-0.2, 0) is 0 Å². The van der Waals surface area contributed by atoms with Crippen molar-refractivity contribution in [3.63, 3.8) is 0 Å². The molecule has 0 saturated carbocycles. The summed E-state index contributed by atoms with van der Waals surface area (Å²) in [5, 5.41) is 3.34. The molecule has 100 valence electrons. The first-order chi connectivity index (χ1) is 9.15. The van der Waals surface area contributed by atoms with Crippen LogP contribution in [0.15, 0.2) is 41.1 Å². The summed E-state index contributed by atoms with van der Waals surface area (Å²) in [6, 6.07) is 8.40. The molecule has 0 fully saturated rings. The fraction of sp³-hybridized carbons (Fsp3) is 0.267. The van der Waals surface area contributed by atoms with Gasteiger partial charge in [0.25, 0.3) is 0 Å². The number of ether oxygens (including phenoxy) is 1. The number of benzene rings is 1. The van der Waals surface area contributed by atoms with E-state index >= 15 is 0 Å². The van der Waals surface area contributed by atoms with Crippen LogP contribution in [-0.4, -0.2) is 19.1 Å². The number of methoxy groups -OCH3 is 1. The maximum absolute atomic E-state index is 5.24. The summed E-state index contributed by atoms with van der Waals surface area (Å²) < 4.78 is 6.31. The Kier molecular flexibility index (Phi) is 4.56. The molecule has 0 bridgehead atoms. The molecule has 2 aromatic rings. The van der Waals surface area contributed by atoms with Crippen LogP contribution >= 0.6 is 15.9 Å². The van der Waals surface area contributed by atoms with Gasteiger partial charge in [-0.05, 0) is 48.9 Å². The highest BCUT2D eigenvalue weighted by molar-refractivity contribution is 9.10. The van der Waals surface area contributed by atoms with E-state index in [1.54, 1.807) is 13.3 Å². The Morgan fingerprint density at radius 1 is 1.26 bits per heavy atom. The largest absolute Gasteiger partial charge is 0.495 e. The van der Waals surface area contributed by atoms with Crippen molar-refractivity contribution in [1.29, 1.82) is 0 Å². The van der Waals surface area contributed by atoms with Crippen LogP contribution in [0.3, 0.4) is 0 Å². The van der Waals surface area contributed by atoms with E-state index in [0.717, 1.165) is 15.8 Å². The molecule has 0 aliphatic rings. The average Bonchev–Trinajstić information content (AvgIpc) is 2.44. The standard InChI is InChI=1S/C15H17BrN2O/c1-10-4-5-12(16)7-14(10)15(17-2)11-6-13(19-3)9-18-8-11/h4-9,15,17H,1-3H3. The molecular weight excluding hydrogens is 304 g/mol. The van der Waals surface area contributed by atoms with Gasteiger partial charge in [0.2, 0.25) is 0 Å². The van der Waals surface area contributed by atoms with Crippen LogP contribution in [0.1, 0.15) is 22.7 Å². The summed E-state index contributed by atoms with van der Waals surface area (Å²) in [4.78, 5) is 4.23. The Balaban J connectivity index is 2.46. The van der Waals surface area contributed by atoms with Crippen molar-refractivity contribution in [3.8, 4) is 5.75 Å². The van der Waals surface area contributed by atoms with Gasteiger partial charge < -0.3 is 10.1 Å². The van der Waals surface area contributed by atoms with Gasteiger partial charge in [0.15, 0.2) is 0 Å². The molecule has 19 heavy (non-hydrogen) atoms. The number of pyridine rings is 1. The predicted molar refractivity (Wildman–Crippen MR) is 80.6 cm³/mol. The molecule has 3 nitrogen and oxygen atoms in total. The van der Waals surface area contributed by atoms with E-state index < -0.39 is 0 Å². The minimum Gasteiger partial charge on any atom is -0.495 e. The van der Waals surface area contributed by atoms with Crippen molar-refractivity contribution in [3.05, 3.63) is 57.8 Å². The van der Waals surface area contributed by atoms with Gasteiger partial charge in [0, 0.05) is 10.7 Å². The number of halogens is 1. The molecule has 1 atom stereocenters. The van der Waals surface area contributed by atoms with Crippen molar-refractivity contribution in [1.82, 2.24) is 10.3 Å². The van der Waals surface area contributed by atoms with Gasteiger partial charge in [-0.3, -0.25) is 4.98 Å². The van der Waals surface area contributed by atoms with Gasteiger partial charge in [0.05, 0.1) is 19.3 Å². The first-order valence-corrected chi connectivity index (χ1v) is 6.87. The van der Waals surface area contributed by atoms with E-state index in [0.29, 0.717) is 0 Å². The first kappa shape index (κ1) is 14.0. The Morgan fingerprint density at radius 2 is 2.05 bits per heavy atom. The maximum Gasteiger partial charge on any atom is 0.137 e. The number of aromatic nitrogens is 1. The van der Waals surface area contributed by atoms with Crippen molar-refractivity contribution in [2.75, 3.05) is 14.2 Å². The second-order valence-electron chi connectivity index (χ2n) is 4.38. The normalized spacial score (nSPS) is 12.2. The lowest BCUT2D eigenvalue weighted by atomic mass is 9.96. The van der Waals surface area contributed by atoms with Crippen LogP contribution in [0.4, 0.5) is 0 Å². The fourth-order valence-corrected chi connectivity index (χ4v) is 2.51. The molecule has 2 rings (SSSR count). The van der Waals surface area contributed by atoms with Crippen molar-refractivity contribution >= 4 is 15.9 Å². The molecule has 4 heteroatoms.